The minimum Gasteiger partial charge on any atom is -0.385 e. The van der Waals surface area contributed by atoms with Crippen molar-refractivity contribution in [2.24, 2.45) is 13.0 Å². The van der Waals surface area contributed by atoms with Gasteiger partial charge in [0, 0.05) is 31.4 Å². The molecule has 1 atom stereocenters. The maximum atomic E-state index is 11.3. The Kier molecular flexibility index (Phi) is 2.77. The predicted octanol–water partition coefficient (Wildman–Crippen LogP) is 0.585. The Balaban J connectivity index is 1.84. The number of carbonyl (C=O) groups is 1. The van der Waals surface area contributed by atoms with Crippen LogP contribution in [-0.2, 0) is 11.8 Å². The van der Waals surface area contributed by atoms with Gasteiger partial charge < -0.3 is 15.0 Å². The monoisotopic (exact) mass is 208 g/mol. The number of carbonyl (C=O) groups excluding carboxylic acids is 1. The van der Waals surface area contributed by atoms with Crippen LogP contribution in [-0.4, -0.2) is 22.1 Å². The summed E-state index contributed by atoms with van der Waals surface area (Å²) in [5.74, 6) is 0.272. The van der Waals surface area contributed by atoms with Crippen molar-refractivity contribution in [3.63, 3.8) is 0 Å². The molecule has 1 aliphatic carbocycles. The molecular weight excluding hydrogens is 192 g/mol. The number of nitrogens with one attached hydrogen (secondary N) is 1. The Labute approximate surface area is 88.9 Å². The van der Waals surface area contributed by atoms with E-state index in [0.717, 1.165) is 18.5 Å². The summed E-state index contributed by atoms with van der Waals surface area (Å²) >= 11 is 0. The van der Waals surface area contributed by atoms with Gasteiger partial charge >= 0.3 is 0 Å². The highest BCUT2D eigenvalue weighted by molar-refractivity contribution is 5.80. The smallest absolute Gasteiger partial charge is 0.223 e. The number of amides is 1. The fraction of sp³-hybridized carbons (Fsp3) is 0.545. The molecule has 0 radical (unpaired) electrons. The molecular formula is C11H16N2O2. The van der Waals surface area contributed by atoms with Gasteiger partial charge in [0.2, 0.25) is 5.91 Å². The van der Waals surface area contributed by atoms with Crippen LogP contribution in [0.5, 0.6) is 0 Å². The van der Waals surface area contributed by atoms with Gasteiger partial charge in [-0.15, -0.1) is 0 Å². The molecule has 4 heteroatoms. The fourth-order valence-electron chi connectivity index (χ4n) is 1.61. The maximum absolute atomic E-state index is 11.3. The predicted molar refractivity (Wildman–Crippen MR) is 56.1 cm³/mol. The van der Waals surface area contributed by atoms with Crippen LogP contribution in [0.15, 0.2) is 18.3 Å². The molecule has 2 rings (SSSR count). The van der Waals surface area contributed by atoms with Gasteiger partial charge in [0.05, 0.1) is 0 Å². The Morgan fingerprint density at radius 3 is 3.00 bits per heavy atom. The van der Waals surface area contributed by atoms with E-state index < -0.39 is 6.10 Å². The molecule has 4 nitrogen and oxygen atoms in total. The van der Waals surface area contributed by atoms with Crippen LogP contribution in [0.1, 0.15) is 24.6 Å². The second-order valence-corrected chi connectivity index (χ2v) is 4.08. The Morgan fingerprint density at radius 2 is 2.47 bits per heavy atom. The lowest BCUT2D eigenvalue weighted by atomic mass is 10.2. The lowest BCUT2D eigenvalue weighted by Crippen LogP contribution is -2.30. The first-order valence-corrected chi connectivity index (χ1v) is 5.25. The first kappa shape index (κ1) is 10.2. The number of hydrogen-bond donors (Lipinski definition) is 2. The van der Waals surface area contributed by atoms with Crippen LogP contribution in [0.4, 0.5) is 0 Å². The average molecular weight is 208 g/mol. The highest BCUT2D eigenvalue weighted by Gasteiger charge is 2.29. The van der Waals surface area contributed by atoms with Gasteiger partial charge in [0.15, 0.2) is 0 Å². The van der Waals surface area contributed by atoms with Crippen molar-refractivity contribution in [2.75, 3.05) is 6.54 Å². The summed E-state index contributed by atoms with van der Waals surface area (Å²) in [5.41, 5.74) is 0.825. The van der Waals surface area contributed by atoms with Crippen LogP contribution in [0, 0.1) is 5.92 Å². The summed E-state index contributed by atoms with van der Waals surface area (Å²) in [7, 11) is 1.88. The SMILES string of the molecule is Cn1cccc1[C@@H](O)CNC(=O)C1CC1. The van der Waals surface area contributed by atoms with Crippen molar-refractivity contribution < 1.29 is 9.90 Å². The van der Waals surface area contributed by atoms with Crippen molar-refractivity contribution in [1.29, 1.82) is 0 Å². The summed E-state index contributed by atoms with van der Waals surface area (Å²) in [6.45, 7) is 0.299. The molecule has 1 amide bonds. The second-order valence-electron chi connectivity index (χ2n) is 4.08. The molecule has 1 aromatic rings. The molecule has 1 saturated carbocycles. The molecule has 1 fully saturated rings. The standard InChI is InChI=1S/C11H16N2O2/c1-13-6-2-3-9(13)10(14)7-12-11(15)8-4-5-8/h2-3,6,8,10,14H,4-5,7H2,1H3,(H,12,15)/t10-/m0/s1. The fourth-order valence-corrected chi connectivity index (χ4v) is 1.61. The number of aromatic nitrogens is 1. The van der Waals surface area contributed by atoms with Crippen LogP contribution < -0.4 is 5.32 Å². The number of nitrogens with zero attached hydrogens (tertiary/aromatic N) is 1. The summed E-state index contributed by atoms with van der Waals surface area (Å²) in [6, 6.07) is 3.73. The minimum absolute atomic E-state index is 0.0725. The third-order valence-corrected chi connectivity index (χ3v) is 2.74. The van der Waals surface area contributed by atoms with Crippen molar-refractivity contribution in [3.8, 4) is 0 Å². The molecule has 82 valence electrons. The van der Waals surface area contributed by atoms with Gasteiger partial charge in [-0.2, -0.15) is 0 Å². The number of rotatable bonds is 4. The molecule has 0 saturated heterocycles. The maximum Gasteiger partial charge on any atom is 0.223 e. The number of aliphatic hydroxyl groups excluding tert-OH is 1. The highest BCUT2D eigenvalue weighted by atomic mass is 16.3. The summed E-state index contributed by atoms with van der Waals surface area (Å²) in [4.78, 5) is 11.3. The lowest BCUT2D eigenvalue weighted by molar-refractivity contribution is -0.122. The van der Waals surface area contributed by atoms with Crippen LogP contribution in [0.3, 0.4) is 0 Å². The zero-order valence-electron chi connectivity index (χ0n) is 8.81. The zero-order chi connectivity index (χ0) is 10.8. The van der Waals surface area contributed by atoms with E-state index in [1.165, 1.54) is 0 Å². The van der Waals surface area contributed by atoms with E-state index in [4.69, 9.17) is 0 Å². The first-order chi connectivity index (χ1) is 7.18. The van der Waals surface area contributed by atoms with Gasteiger partial charge in [-0.05, 0) is 25.0 Å². The third-order valence-electron chi connectivity index (χ3n) is 2.74. The van der Waals surface area contributed by atoms with E-state index in [0.29, 0.717) is 6.54 Å². The summed E-state index contributed by atoms with van der Waals surface area (Å²) < 4.78 is 1.86. The van der Waals surface area contributed by atoms with Crippen molar-refractivity contribution in [2.45, 2.75) is 18.9 Å². The zero-order valence-corrected chi connectivity index (χ0v) is 8.81. The molecule has 0 aliphatic heterocycles. The van der Waals surface area contributed by atoms with E-state index >= 15 is 0 Å². The van der Waals surface area contributed by atoms with E-state index in [9.17, 15) is 9.90 Å². The summed E-state index contributed by atoms with van der Waals surface area (Å²) in [6.07, 6.45) is 3.24. The normalized spacial score (nSPS) is 17.5. The Hall–Kier alpha value is -1.29. The van der Waals surface area contributed by atoms with Crippen molar-refractivity contribution in [3.05, 3.63) is 24.0 Å². The van der Waals surface area contributed by atoms with Gasteiger partial charge in [-0.25, -0.2) is 0 Å². The van der Waals surface area contributed by atoms with E-state index in [-0.39, 0.29) is 11.8 Å². The van der Waals surface area contributed by atoms with Gasteiger partial charge in [0.1, 0.15) is 6.10 Å². The quantitative estimate of drug-likeness (QED) is 0.760. The third kappa shape index (κ3) is 2.39. The molecule has 0 spiro atoms. The minimum atomic E-state index is -0.618. The van der Waals surface area contributed by atoms with Crippen molar-refractivity contribution in [1.82, 2.24) is 9.88 Å². The molecule has 0 aromatic carbocycles. The number of hydrogen-bond acceptors (Lipinski definition) is 2. The van der Waals surface area contributed by atoms with E-state index in [1.54, 1.807) is 0 Å². The Bertz CT molecular complexity index is 355. The van der Waals surface area contributed by atoms with Gasteiger partial charge in [0.25, 0.3) is 0 Å². The molecule has 2 N–H and O–H groups in total. The highest BCUT2D eigenvalue weighted by Crippen LogP contribution is 2.28. The molecule has 1 aliphatic rings. The van der Waals surface area contributed by atoms with Gasteiger partial charge in [-0.3, -0.25) is 4.79 Å². The first-order valence-electron chi connectivity index (χ1n) is 5.25. The number of aliphatic hydroxyl groups is 1. The molecule has 0 bridgehead atoms. The van der Waals surface area contributed by atoms with Crippen LogP contribution in [0.2, 0.25) is 0 Å². The topological polar surface area (TPSA) is 54.3 Å². The molecule has 15 heavy (non-hydrogen) atoms. The van der Waals surface area contributed by atoms with Gasteiger partial charge in [-0.1, -0.05) is 0 Å². The van der Waals surface area contributed by atoms with E-state index in [1.807, 2.05) is 29.9 Å². The Morgan fingerprint density at radius 1 is 1.73 bits per heavy atom. The molecule has 0 unspecified atom stereocenters. The van der Waals surface area contributed by atoms with E-state index in [2.05, 4.69) is 5.32 Å². The molecule has 1 heterocycles. The second kappa shape index (κ2) is 4.06. The summed E-state index contributed by atoms with van der Waals surface area (Å²) in [5, 5.41) is 12.6. The molecule has 1 aromatic heterocycles. The largest absolute Gasteiger partial charge is 0.385 e. The number of aryl methyl sites for hydroxylation is 1. The van der Waals surface area contributed by atoms with Crippen LogP contribution in [0.25, 0.3) is 0 Å². The lowest BCUT2D eigenvalue weighted by Gasteiger charge is -2.12. The van der Waals surface area contributed by atoms with Crippen LogP contribution >= 0.6 is 0 Å². The average Bonchev–Trinajstić information content (AvgIpc) is 2.98. The van der Waals surface area contributed by atoms with Crippen molar-refractivity contribution >= 4 is 5.91 Å².